The summed E-state index contributed by atoms with van der Waals surface area (Å²) in [6.45, 7) is 5.91. The third kappa shape index (κ3) is 2.15. The van der Waals surface area contributed by atoms with E-state index in [1.54, 1.807) is 0 Å². The van der Waals surface area contributed by atoms with E-state index in [9.17, 15) is 0 Å². The highest BCUT2D eigenvalue weighted by Gasteiger charge is 2.49. The average molecular weight is 237 g/mol. The summed E-state index contributed by atoms with van der Waals surface area (Å²) in [5, 5.41) is 3.70. The number of hydrogen-bond donors (Lipinski definition) is 1. The molecule has 0 atom stereocenters. The molecule has 3 aliphatic rings. The van der Waals surface area contributed by atoms with Crippen LogP contribution in [0.4, 0.5) is 0 Å². The smallest absolute Gasteiger partial charge is 0.120 e. The first-order valence-corrected chi connectivity index (χ1v) is 7.58. The summed E-state index contributed by atoms with van der Waals surface area (Å²) in [6.07, 6.45) is 10.4. The molecule has 3 rings (SSSR count). The Morgan fingerprint density at radius 3 is 2.29 bits per heavy atom. The van der Waals surface area contributed by atoms with Gasteiger partial charge in [0.2, 0.25) is 0 Å². The van der Waals surface area contributed by atoms with Crippen molar-refractivity contribution >= 4 is 0 Å². The van der Waals surface area contributed by atoms with E-state index in [0.29, 0.717) is 0 Å². The molecule has 0 aromatic rings. The molecule has 17 heavy (non-hydrogen) atoms. The minimum Gasteiger partial charge on any atom is -0.354 e. The Hall–Kier alpha value is -0.0800. The van der Waals surface area contributed by atoms with Gasteiger partial charge < -0.3 is 4.74 Å². The summed E-state index contributed by atoms with van der Waals surface area (Å²) in [6, 6.07) is 0. The van der Waals surface area contributed by atoms with E-state index in [1.807, 2.05) is 0 Å². The van der Waals surface area contributed by atoms with Gasteiger partial charge in [-0.1, -0.05) is 13.8 Å². The van der Waals surface area contributed by atoms with Crippen molar-refractivity contribution in [2.75, 3.05) is 6.54 Å². The predicted octanol–water partition coefficient (Wildman–Crippen LogP) is 3.46. The zero-order valence-corrected chi connectivity index (χ0v) is 11.4. The van der Waals surface area contributed by atoms with Crippen molar-refractivity contribution in [3.05, 3.63) is 0 Å². The highest BCUT2D eigenvalue weighted by atomic mass is 16.5. The highest BCUT2D eigenvalue weighted by molar-refractivity contribution is 4.99. The topological polar surface area (TPSA) is 21.3 Å². The van der Waals surface area contributed by atoms with Crippen LogP contribution in [0.15, 0.2) is 0 Å². The Labute approximate surface area is 105 Å². The molecule has 98 valence electrons. The molecule has 1 heterocycles. The Bertz CT molecular complexity index is 275. The van der Waals surface area contributed by atoms with Crippen molar-refractivity contribution in [2.45, 2.75) is 76.5 Å². The summed E-state index contributed by atoms with van der Waals surface area (Å²) in [5.74, 6) is 1.76. The molecule has 1 aliphatic heterocycles. The van der Waals surface area contributed by atoms with Crippen LogP contribution >= 0.6 is 0 Å². The predicted molar refractivity (Wildman–Crippen MR) is 69.8 cm³/mol. The summed E-state index contributed by atoms with van der Waals surface area (Å²) in [4.78, 5) is 0. The van der Waals surface area contributed by atoms with Gasteiger partial charge in [-0.15, -0.1) is 0 Å². The molecule has 0 aromatic carbocycles. The molecule has 0 radical (unpaired) electrons. The van der Waals surface area contributed by atoms with Crippen LogP contribution in [0.5, 0.6) is 0 Å². The molecule has 2 saturated carbocycles. The molecule has 3 fully saturated rings. The number of rotatable bonds is 1. The fourth-order valence-electron chi connectivity index (χ4n) is 3.99. The second-order valence-corrected chi connectivity index (χ2v) is 6.89. The van der Waals surface area contributed by atoms with Crippen molar-refractivity contribution < 1.29 is 4.74 Å². The maximum absolute atomic E-state index is 6.56. The van der Waals surface area contributed by atoms with E-state index in [0.717, 1.165) is 11.8 Å². The average Bonchev–Trinajstić information content (AvgIpc) is 2.28. The fourth-order valence-corrected chi connectivity index (χ4v) is 3.99. The van der Waals surface area contributed by atoms with Crippen LogP contribution in [-0.2, 0) is 4.74 Å². The van der Waals surface area contributed by atoms with Crippen LogP contribution in [0.25, 0.3) is 0 Å². The molecular formula is C15H27NO. The molecule has 2 spiro atoms. The van der Waals surface area contributed by atoms with Gasteiger partial charge in [-0.05, 0) is 63.2 Å². The maximum Gasteiger partial charge on any atom is 0.120 e. The third-order valence-electron chi connectivity index (χ3n) is 5.49. The summed E-state index contributed by atoms with van der Waals surface area (Å²) < 4.78 is 6.56. The van der Waals surface area contributed by atoms with E-state index in [-0.39, 0.29) is 11.3 Å². The third-order valence-corrected chi connectivity index (χ3v) is 5.49. The van der Waals surface area contributed by atoms with Gasteiger partial charge in [-0.3, -0.25) is 5.32 Å². The Morgan fingerprint density at radius 1 is 1.06 bits per heavy atom. The van der Waals surface area contributed by atoms with Crippen molar-refractivity contribution in [1.82, 2.24) is 5.32 Å². The number of hydrogen-bond acceptors (Lipinski definition) is 2. The van der Waals surface area contributed by atoms with Crippen molar-refractivity contribution in [3.8, 4) is 0 Å². The Kier molecular flexibility index (Phi) is 2.99. The summed E-state index contributed by atoms with van der Waals surface area (Å²) in [7, 11) is 0. The first kappa shape index (κ1) is 12.0. The standard InChI is InChI=1S/C15H27NO/c1-12(2)13-4-8-15(9-5-13)16-11-10-14(17-15)6-3-7-14/h12-13,16H,3-11H2,1-2H3. The van der Waals surface area contributed by atoms with E-state index in [2.05, 4.69) is 19.2 Å². The summed E-state index contributed by atoms with van der Waals surface area (Å²) in [5.41, 5.74) is 0.347. The van der Waals surface area contributed by atoms with Crippen molar-refractivity contribution in [2.24, 2.45) is 11.8 Å². The van der Waals surface area contributed by atoms with Crippen LogP contribution in [0.3, 0.4) is 0 Å². The molecule has 2 aliphatic carbocycles. The lowest BCUT2D eigenvalue weighted by molar-refractivity contribution is -0.244. The molecule has 0 aromatic heterocycles. The van der Waals surface area contributed by atoms with Gasteiger partial charge in [0, 0.05) is 6.54 Å². The minimum atomic E-state index is 0.0596. The van der Waals surface area contributed by atoms with Crippen LogP contribution in [0.2, 0.25) is 0 Å². The van der Waals surface area contributed by atoms with E-state index >= 15 is 0 Å². The fraction of sp³-hybridized carbons (Fsp3) is 1.00. The normalized spacial score (nSPS) is 40.8. The molecular weight excluding hydrogens is 210 g/mol. The van der Waals surface area contributed by atoms with Gasteiger partial charge in [0.05, 0.1) is 5.60 Å². The van der Waals surface area contributed by atoms with Gasteiger partial charge in [0.15, 0.2) is 0 Å². The number of ether oxygens (including phenoxy) is 1. The molecule has 0 bridgehead atoms. The Morgan fingerprint density at radius 2 is 1.76 bits per heavy atom. The van der Waals surface area contributed by atoms with Crippen LogP contribution in [-0.4, -0.2) is 17.9 Å². The lowest BCUT2D eigenvalue weighted by atomic mass is 9.73. The molecule has 0 amide bonds. The SMILES string of the molecule is CC(C)C1CCC2(CC1)NCCC1(CCC1)O2. The molecule has 0 unspecified atom stereocenters. The lowest BCUT2D eigenvalue weighted by Crippen LogP contribution is -2.63. The second-order valence-electron chi connectivity index (χ2n) is 6.89. The van der Waals surface area contributed by atoms with Gasteiger partial charge in [0.25, 0.3) is 0 Å². The first-order chi connectivity index (χ1) is 8.13. The van der Waals surface area contributed by atoms with Gasteiger partial charge >= 0.3 is 0 Å². The largest absolute Gasteiger partial charge is 0.354 e. The van der Waals surface area contributed by atoms with Crippen LogP contribution in [0.1, 0.15) is 65.2 Å². The van der Waals surface area contributed by atoms with E-state index in [1.165, 1.54) is 57.9 Å². The van der Waals surface area contributed by atoms with Crippen molar-refractivity contribution in [1.29, 1.82) is 0 Å². The van der Waals surface area contributed by atoms with Gasteiger partial charge in [-0.25, -0.2) is 0 Å². The molecule has 1 saturated heterocycles. The highest BCUT2D eigenvalue weighted by Crippen LogP contribution is 2.47. The zero-order chi connectivity index (χ0) is 11.9. The van der Waals surface area contributed by atoms with E-state index < -0.39 is 0 Å². The summed E-state index contributed by atoms with van der Waals surface area (Å²) >= 11 is 0. The minimum absolute atomic E-state index is 0.0596. The maximum atomic E-state index is 6.56. The first-order valence-electron chi connectivity index (χ1n) is 7.58. The molecule has 2 nitrogen and oxygen atoms in total. The van der Waals surface area contributed by atoms with Gasteiger partial charge in [-0.2, -0.15) is 0 Å². The number of nitrogens with one attached hydrogen (secondary N) is 1. The van der Waals surface area contributed by atoms with Gasteiger partial charge in [0.1, 0.15) is 5.72 Å². The zero-order valence-electron chi connectivity index (χ0n) is 11.4. The van der Waals surface area contributed by atoms with E-state index in [4.69, 9.17) is 4.74 Å². The Balaban J connectivity index is 1.63. The van der Waals surface area contributed by atoms with Crippen molar-refractivity contribution in [3.63, 3.8) is 0 Å². The second kappa shape index (κ2) is 4.24. The molecule has 1 N–H and O–H groups in total. The quantitative estimate of drug-likeness (QED) is 0.754. The van der Waals surface area contributed by atoms with Crippen LogP contribution in [0, 0.1) is 11.8 Å². The molecule has 2 heteroatoms. The monoisotopic (exact) mass is 237 g/mol. The lowest BCUT2D eigenvalue weighted by Gasteiger charge is -2.55. The van der Waals surface area contributed by atoms with Crippen LogP contribution < -0.4 is 5.32 Å².